The van der Waals surface area contributed by atoms with Crippen LogP contribution in [0.25, 0.3) is 11.0 Å². The summed E-state index contributed by atoms with van der Waals surface area (Å²) < 4.78 is 13.5. The molecule has 0 unspecified atom stereocenters. The first-order chi connectivity index (χ1) is 9.13. The molecule has 0 bridgehead atoms. The lowest BCUT2D eigenvalue weighted by Gasteiger charge is -2.02. The molecule has 1 N–H and O–H groups in total. The highest BCUT2D eigenvalue weighted by molar-refractivity contribution is 7.00. The number of carbonyl (C=O) groups is 1. The van der Waals surface area contributed by atoms with Crippen molar-refractivity contribution in [2.75, 3.05) is 5.32 Å². The van der Waals surface area contributed by atoms with Gasteiger partial charge in [0.15, 0.2) is 11.6 Å². The van der Waals surface area contributed by atoms with Gasteiger partial charge in [0, 0.05) is 12.6 Å². The molecule has 0 saturated heterocycles. The van der Waals surface area contributed by atoms with Crippen LogP contribution < -0.4 is 5.32 Å². The zero-order chi connectivity index (χ0) is 13.4. The van der Waals surface area contributed by atoms with Crippen LogP contribution in [-0.4, -0.2) is 19.6 Å². The lowest BCUT2D eigenvalue weighted by molar-refractivity contribution is 0.102. The third-order valence-electron chi connectivity index (χ3n) is 2.63. The summed E-state index contributed by atoms with van der Waals surface area (Å²) in [6.45, 7) is 3.42. The molecule has 0 aliphatic heterocycles. The normalized spacial score (nSPS) is 10.8. The fraction of sp³-hybridized carbons (Fsp3) is 0.167. The molecular weight excluding hydrogens is 264 g/mol. The molecule has 6 nitrogen and oxygen atoms in total. The number of fused-ring (bicyclic) bond motifs is 1. The van der Waals surface area contributed by atoms with Gasteiger partial charge < -0.3 is 9.73 Å². The number of hydrogen-bond acceptors (Lipinski definition) is 6. The Labute approximate surface area is 112 Å². The molecule has 0 saturated carbocycles. The van der Waals surface area contributed by atoms with Gasteiger partial charge >= 0.3 is 0 Å². The quantitative estimate of drug-likeness (QED) is 0.776. The number of benzene rings is 1. The lowest BCUT2D eigenvalue weighted by atomic mass is 10.2. The third kappa shape index (κ3) is 2.19. The molecule has 0 atom stereocenters. The molecule has 96 valence electrons. The number of carbonyl (C=O) groups excluding carboxylic acids is 1. The smallest absolute Gasteiger partial charge is 0.277 e. The monoisotopic (exact) mass is 274 g/mol. The summed E-state index contributed by atoms with van der Waals surface area (Å²) in [6.07, 6.45) is 0. The molecule has 0 radical (unpaired) electrons. The molecule has 7 heteroatoms. The van der Waals surface area contributed by atoms with Crippen molar-refractivity contribution >= 4 is 34.4 Å². The molecule has 19 heavy (non-hydrogen) atoms. The van der Waals surface area contributed by atoms with Crippen molar-refractivity contribution in [3.63, 3.8) is 0 Å². The van der Waals surface area contributed by atoms with Crippen molar-refractivity contribution in [2.24, 2.45) is 0 Å². The summed E-state index contributed by atoms with van der Waals surface area (Å²) in [6, 6.07) is 5.37. The fourth-order valence-corrected chi connectivity index (χ4v) is 2.31. The molecule has 2 aromatic heterocycles. The first-order valence-electron chi connectivity index (χ1n) is 5.61. The zero-order valence-electron chi connectivity index (χ0n) is 10.3. The van der Waals surface area contributed by atoms with Crippen LogP contribution in [0.2, 0.25) is 0 Å². The average molecular weight is 274 g/mol. The number of rotatable bonds is 2. The Morgan fingerprint density at radius 1 is 1.26 bits per heavy atom. The van der Waals surface area contributed by atoms with E-state index >= 15 is 0 Å². The minimum absolute atomic E-state index is 0.295. The van der Waals surface area contributed by atoms with Crippen LogP contribution in [-0.2, 0) is 0 Å². The highest BCUT2D eigenvalue weighted by Gasteiger charge is 2.15. The van der Waals surface area contributed by atoms with Crippen molar-refractivity contribution in [3.05, 3.63) is 35.5 Å². The Morgan fingerprint density at radius 3 is 2.79 bits per heavy atom. The van der Waals surface area contributed by atoms with Crippen LogP contribution in [0.15, 0.2) is 22.6 Å². The highest BCUT2D eigenvalue weighted by atomic mass is 32.1. The summed E-state index contributed by atoms with van der Waals surface area (Å²) >= 11 is 1.14. The Kier molecular flexibility index (Phi) is 2.75. The Hall–Kier alpha value is -2.28. The second kappa shape index (κ2) is 4.43. The Bertz CT molecular complexity index is 762. The van der Waals surface area contributed by atoms with E-state index in [0.717, 1.165) is 22.8 Å². The standard InChI is InChI=1S/C12H10N4O2S/c1-6-11(13-7(2)18-6)12(17)14-8-3-4-9-10(5-8)16-19-15-9/h3-5H,1-2H3,(H,14,17). The number of nitrogens with zero attached hydrogens (tertiary/aromatic N) is 3. The zero-order valence-corrected chi connectivity index (χ0v) is 11.1. The second-order valence-electron chi connectivity index (χ2n) is 4.06. The molecule has 0 fully saturated rings. The molecular formula is C12H10N4O2S. The van der Waals surface area contributed by atoms with Gasteiger partial charge in [0.1, 0.15) is 16.8 Å². The number of aryl methyl sites for hydroxylation is 2. The minimum Gasteiger partial charge on any atom is -0.445 e. The summed E-state index contributed by atoms with van der Waals surface area (Å²) in [5.41, 5.74) is 2.53. The van der Waals surface area contributed by atoms with E-state index in [0.29, 0.717) is 23.0 Å². The summed E-state index contributed by atoms with van der Waals surface area (Å²) in [5.74, 6) is 0.685. The Morgan fingerprint density at radius 2 is 2.05 bits per heavy atom. The highest BCUT2D eigenvalue weighted by Crippen LogP contribution is 2.18. The molecule has 0 aliphatic carbocycles. The molecule has 0 spiro atoms. The number of amides is 1. The van der Waals surface area contributed by atoms with Crippen molar-refractivity contribution in [1.29, 1.82) is 0 Å². The van der Waals surface area contributed by atoms with Crippen molar-refractivity contribution in [3.8, 4) is 0 Å². The summed E-state index contributed by atoms with van der Waals surface area (Å²) in [5, 5.41) is 2.77. The molecule has 1 amide bonds. The van der Waals surface area contributed by atoms with E-state index in [1.807, 2.05) is 6.07 Å². The van der Waals surface area contributed by atoms with Crippen LogP contribution in [0.4, 0.5) is 5.69 Å². The second-order valence-corrected chi connectivity index (χ2v) is 4.59. The summed E-state index contributed by atoms with van der Waals surface area (Å²) in [4.78, 5) is 16.1. The van der Waals surface area contributed by atoms with Crippen LogP contribution in [0.3, 0.4) is 0 Å². The number of aromatic nitrogens is 3. The van der Waals surface area contributed by atoms with Gasteiger partial charge in [0.25, 0.3) is 5.91 Å². The fourth-order valence-electron chi connectivity index (χ4n) is 1.79. The predicted molar refractivity (Wildman–Crippen MR) is 71.3 cm³/mol. The van der Waals surface area contributed by atoms with Gasteiger partial charge in [-0.25, -0.2) is 4.98 Å². The SMILES string of the molecule is Cc1nc(C(=O)Nc2ccc3nsnc3c2)c(C)o1. The maximum atomic E-state index is 12.1. The first kappa shape index (κ1) is 11.8. The average Bonchev–Trinajstić information content (AvgIpc) is 2.94. The molecule has 3 aromatic rings. The molecule has 0 aliphatic rings. The lowest BCUT2D eigenvalue weighted by Crippen LogP contribution is -2.13. The number of nitrogens with one attached hydrogen (secondary N) is 1. The minimum atomic E-state index is -0.295. The topological polar surface area (TPSA) is 80.9 Å². The van der Waals surface area contributed by atoms with Gasteiger partial charge in [0.05, 0.1) is 11.7 Å². The van der Waals surface area contributed by atoms with Crippen molar-refractivity contribution in [1.82, 2.24) is 13.7 Å². The first-order valence-corrected chi connectivity index (χ1v) is 6.34. The van der Waals surface area contributed by atoms with E-state index in [2.05, 4.69) is 19.0 Å². The van der Waals surface area contributed by atoms with Gasteiger partial charge in [-0.3, -0.25) is 4.79 Å². The maximum Gasteiger partial charge on any atom is 0.277 e. The van der Waals surface area contributed by atoms with E-state index in [4.69, 9.17) is 4.42 Å². The van der Waals surface area contributed by atoms with Gasteiger partial charge in [-0.15, -0.1) is 0 Å². The Balaban J connectivity index is 1.88. The van der Waals surface area contributed by atoms with E-state index in [1.54, 1.807) is 26.0 Å². The van der Waals surface area contributed by atoms with E-state index < -0.39 is 0 Å². The van der Waals surface area contributed by atoms with Gasteiger partial charge in [0.2, 0.25) is 0 Å². The molecule has 3 rings (SSSR count). The van der Waals surface area contributed by atoms with E-state index in [-0.39, 0.29) is 5.91 Å². The molecule has 2 heterocycles. The van der Waals surface area contributed by atoms with Crippen molar-refractivity contribution in [2.45, 2.75) is 13.8 Å². The van der Waals surface area contributed by atoms with Crippen LogP contribution in [0.1, 0.15) is 22.1 Å². The maximum absolute atomic E-state index is 12.1. The summed E-state index contributed by atoms with van der Waals surface area (Å²) in [7, 11) is 0. The number of hydrogen-bond donors (Lipinski definition) is 1. The number of oxazole rings is 1. The van der Waals surface area contributed by atoms with Crippen molar-refractivity contribution < 1.29 is 9.21 Å². The largest absolute Gasteiger partial charge is 0.445 e. The van der Waals surface area contributed by atoms with E-state index in [1.165, 1.54) is 0 Å². The van der Waals surface area contributed by atoms with Gasteiger partial charge in [-0.2, -0.15) is 8.75 Å². The van der Waals surface area contributed by atoms with E-state index in [9.17, 15) is 4.79 Å². The predicted octanol–water partition coefficient (Wildman–Crippen LogP) is 2.55. The van der Waals surface area contributed by atoms with Crippen LogP contribution in [0.5, 0.6) is 0 Å². The van der Waals surface area contributed by atoms with Gasteiger partial charge in [-0.05, 0) is 25.1 Å². The molecule has 1 aromatic carbocycles. The van der Waals surface area contributed by atoms with Gasteiger partial charge in [-0.1, -0.05) is 0 Å². The van der Waals surface area contributed by atoms with Crippen LogP contribution >= 0.6 is 11.7 Å². The van der Waals surface area contributed by atoms with Crippen LogP contribution in [0, 0.1) is 13.8 Å². The third-order valence-corrected chi connectivity index (χ3v) is 3.19. The number of anilines is 1.